The molecule has 1 aromatic heterocycles. The van der Waals surface area contributed by atoms with Crippen molar-refractivity contribution < 1.29 is 9.59 Å². The lowest BCUT2D eigenvalue weighted by Crippen LogP contribution is -2.52. The highest BCUT2D eigenvalue weighted by atomic mass is 35.5. The lowest BCUT2D eigenvalue weighted by Gasteiger charge is -2.35. The van der Waals surface area contributed by atoms with Gasteiger partial charge in [-0.3, -0.25) is 9.59 Å². The number of hydrogen-bond acceptors (Lipinski definition) is 4. The van der Waals surface area contributed by atoms with Crippen LogP contribution in [0.15, 0.2) is 17.5 Å². The van der Waals surface area contributed by atoms with Crippen LogP contribution < -0.4 is 10.6 Å². The molecule has 1 aromatic rings. The van der Waals surface area contributed by atoms with Crippen LogP contribution in [0.3, 0.4) is 0 Å². The van der Waals surface area contributed by atoms with Gasteiger partial charge in [0.25, 0.3) is 0 Å². The highest BCUT2D eigenvalue weighted by Crippen LogP contribution is 2.23. The summed E-state index contributed by atoms with van der Waals surface area (Å²) in [5.74, 6) is -0.00397. The van der Waals surface area contributed by atoms with E-state index < -0.39 is 0 Å². The molecule has 21 heavy (non-hydrogen) atoms. The topological polar surface area (TPSA) is 61.4 Å². The summed E-state index contributed by atoms with van der Waals surface area (Å²) in [6.45, 7) is 5.92. The van der Waals surface area contributed by atoms with Crippen molar-refractivity contribution in [3.63, 3.8) is 0 Å². The van der Waals surface area contributed by atoms with E-state index in [1.165, 1.54) is 6.92 Å². The van der Waals surface area contributed by atoms with Crippen LogP contribution >= 0.6 is 23.7 Å². The van der Waals surface area contributed by atoms with Gasteiger partial charge in [0, 0.05) is 37.5 Å². The minimum atomic E-state index is -0.220. The Morgan fingerprint density at radius 1 is 1.57 bits per heavy atom. The quantitative estimate of drug-likeness (QED) is 0.880. The third-order valence-corrected chi connectivity index (χ3v) is 4.45. The summed E-state index contributed by atoms with van der Waals surface area (Å²) in [5, 5.41) is 8.11. The summed E-state index contributed by atoms with van der Waals surface area (Å²) < 4.78 is 0. The smallest absolute Gasteiger partial charge is 0.225 e. The molecule has 7 heteroatoms. The largest absolute Gasteiger partial charge is 0.348 e. The predicted octanol–water partition coefficient (Wildman–Crippen LogP) is 1.56. The van der Waals surface area contributed by atoms with Gasteiger partial charge in [-0.25, -0.2) is 0 Å². The molecule has 118 valence electrons. The van der Waals surface area contributed by atoms with Gasteiger partial charge in [0.15, 0.2) is 0 Å². The number of carbonyl (C=O) groups is 2. The fourth-order valence-electron chi connectivity index (χ4n) is 2.46. The number of nitrogens with one attached hydrogen (secondary N) is 2. The first-order valence-electron chi connectivity index (χ1n) is 6.88. The average molecular weight is 332 g/mol. The second kappa shape index (κ2) is 8.36. The van der Waals surface area contributed by atoms with E-state index in [0.717, 1.165) is 24.5 Å². The van der Waals surface area contributed by atoms with Gasteiger partial charge < -0.3 is 15.5 Å². The Labute approximate surface area is 135 Å². The van der Waals surface area contributed by atoms with Gasteiger partial charge in [0.05, 0.1) is 12.5 Å². The van der Waals surface area contributed by atoms with E-state index in [1.54, 1.807) is 11.3 Å². The Balaban J connectivity index is 0.00000220. The summed E-state index contributed by atoms with van der Waals surface area (Å²) >= 11 is 1.56. The minimum Gasteiger partial charge on any atom is -0.348 e. The van der Waals surface area contributed by atoms with Crippen LogP contribution in [0.1, 0.15) is 31.2 Å². The van der Waals surface area contributed by atoms with Crippen molar-refractivity contribution in [2.75, 3.05) is 19.6 Å². The zero-order valence-electron chi connectivity index (χ0n) is 12.3. The third kappa shape index (κ3) is 4.98. The lowest BCUT2D eigenvalue weighted by molar-refractivity contribution is -0.134. The molecule has 2 N–H and O–H groups in total. The molecule has 0 spiro atoms. The molecule has 5 nitrogen and oxygen atoms in total. The van der Waals surface area contributed by atoms with Crippen LogP contribution in [-0.4, -0.2) is 42.4 Å². The molecule has 1 aliphatic rings. The van der Waals surface area contributed by atoms with Crippen molar-refractivity contribution in [3.8, 4) is 0 Å². The molecule has 0 radical (unpaired) electrons. The number of hydrogen-bond donors (Lipinski definition) is 2. The van der Waals surface area contributed by atoms with E-state index in [9.17, 15) is 9.59 Å². The van der Waals surface area contributed by atoms with Gasteiger partial charge in [-0.2, -0.15) is 0 Å². The normalized spacial score (nSPS) is 19.5. The number of thiophene rings is 1. The second-order valence-electron chi connectivity index (χ2n) is 5.11. The van der Waals surface area contributed by atoms with Gasteiger partial charge in [0.2, 0.25) is 11.8 Å². The average Bonchev–Trinajstić information content (AvgIpc) is 2.91. The van der Waals surface area contributed by atoms with E-state index in [4.69, 9.17) is 0 Å². The molecule has 1 fully saturated rings. The number of halogens is 1. The molecule has 2 atom stereocenters. The fourth-order valence-corrected chi connectivity index (χ4v) is 3.24. The van der Waals surface area contributed by atoms with E-state index in [1.807, 2.05) is 29.3 Å². The van der Waals surface area contributed by atoms with Crippen LogP contribution in [0.2, 0.25) is 0 Å². The molecule has 1 unspecified atom stereocenters. The number of carbonyl (C=O) groups excluding carboxylic acids is 2. The molecule has 0 aromatic carbocycles. The SMILES string of the molecule is CC(=O)NC(CC(=O)N1CCNC[C@H]1C)c1cccs1.Cl. The van der Waals surface area contributed by atoms with E-state index in [-0.39, 0.29) is 36.3 Å². The Bertz CT molecular complexity index is 467. The molecule has 1 aliphatic heterocycles. The molecule has 0 saturated carbocycles. The molecular weight excluding hydrogens is 310 g/mol. The van der Waals surface area contributed by atoms with Crippen LogP contribution in [0.5, 0.6) is 0 Å². The Hall–Kier alpha value is -1.11. The molecule has 0 aliphatic carbocycles. The van der Waals surface area contributed by atoms with Crippen molar-refractivity contribution in [2.24, 2.45) is 0 Å². The van der Waals surface area contributed by atoms with Crippen molar-refractivity contribution in [1.29, 1.82) is 0 Å². The molecular formula is C14H22ClN3O2S. The summed E-state index contributed by atoms with van der Waals surface area (Å²) in [4.78, 5) is 26.7. The van der Waals surface area contributed by atoms with Crippen molar-refractivity contribution in [1.82, 2.24) is 15.5 Å². The maximum atomic E-state index is 12.4. The van der Waals surface area contributed by atoms with E-state index in [2.05, 4.69) is 10.6 Å². The van der Waals surface area contributed by atoms with E-state index >= 15 is 0 Å². The fraction of sp³-hybridized carbons (Fsp3) is 0.571. The predicted molar refractivity (Wildman–Crippen MR) is 86.8 cm³/mol. The summed E-state index contributed by atoms with van der Waals surface area (Å²) in [7, 11) is 0. The van der Waals surface area contributed by atoms with Crippen LogP contribution in [0.25, 0.3) is 0 Å². The van der Waals surface area contributed by atoms with Crippen LogP contribution in [0.4, 0.5) is 0 Å². The Morgan fingerprint density at radius 2 is 2.33 bits per heavy atom. The van der Waals surface area contributed by atoms with Gasteiger partial charge in [-0.1, -0.05) is 6.07 Å². The van der Waals surface area contributed by atoms with Crippen molar-refractivity contribution in [3.05, 3.63) is 22.4 Å². The van der Waals surface area contributed by atoms with Gasteiger partial charge >= 0.3 is 0 Å². The van der Waals surface area contributed by atoms with Crippen LogP contribution in [0, 0.1) is 0 Å². The van der Waals surface area contributed by atoms with Gasteiger partial charge in [0.1, 0.15) is 0 Å². The first-order chi connectivity index (χ1) is 9.58. The summed E-state index contributed by atoms with van der Waals surface area (Å²) in [5.41, 5.74) is 0. The second-order valence-corrected chi connectivity index (χ2v) is 6.09. The highest BCUT2D eigenvalue weighted by molar-refractivity contribution is 7.10. The monoisotopic (exact) mass is 331 g/mol. The standard InChI is InChI=1S/C14H21N3O2S.ClH/c1-10-9-15-5-6-17(10)14(19)8-12(16-11(2)18)13-4-3-7-20-13;/h3-4,7,10,12,15H,5-6,8-9H2,1-2H3,(H,16,18);1H/t10-,12?;/m1./s1. The number of piperazine rings is 1. The van der Waals surface area contributed by atoms with Crippen molar-refractivity contribution in [2.45, 2.75) is 32.4 Å². The highest BCUT2D eigenvalue weighted by Gasteiger charge is 2.26. The lowest BCUT2D eigenvalue weighted by atomic mass is 10.1. The summed E-state index contributed by atoms with van der Waals surface area (Å²) in [6.07, 6.45) is 0.324. The first-order valence-corrected chi connectivity index (χ1v) is 7.76. The van der Waals surface area contributed by atoms with Crippen molar-refractivity contribution >= 4 is 35.6 Å². The Kier molecular flexibility index (Phi) is 7.14. The zero-order chi connectivity index (χ0) is 14.5. The number of amides is 2. The zero-order valence-corrected chi connectivity index (χ0v) is 13.9. The molecule has 2 heterocycles. The van der Waals surface area contributed by atoms with Crippen LogP contribution in [-0.2, 0) is 9.59 Å². The van der Waals surface area contributed by atoms with Gasteiger partial charge in [-0.05, 0) is 18.4 Å². The Morgan fingerprint density at radius 3 is 2.90 bits per heavy atom. The number of nitrogens with zero attached hydrogens (tertiary/aromatic N) is 1. The summed E-state index contributed by atoms with van der Waals surface area (Å²) in [6, 6.07) is 3.88. The molecule has 1 saturated heterocycles. The van der Waals surface area contributed by atoms with Gasteiger partial charge in [-0.15, -0.1) is 23.7 Å². The number of rotatable bonds is 4. The molecule has 0 bridgehead atoms. The minimum absolute atomic E-state index is 0. The first kappa shape index (κ1) is 17.9. The molecule has 2 amide bonds. The molecule has 2 rings (SSSR count). The van der Waals surface area contributed by atoms with E-state index in [0.29, 0.717) is 6.42 Å². The maximum absolute atomic E-state index is 12.4. The third-order valence-electron chi connectivity index (χ3n) is 3.46. The maximum Gasteiger partial charge on any atom is 0.225 e.